The molecule has 212 valence electrons. The largest absolute Gasteiger partial charge is 0.458 e. The van der Waals surface area contributed by atoms with Crippen molar-refractivity contribution in [2.75, 3.05) is 52.6 Å². The van der Waals surface area contributed by atoms with Crippen molar-refractivity contribution in [3.05, 3.63) is 0 Å². The first-order valence-corrected chi connectivity index (χ1v) is 14.9. The number of hydrogen-bond acceptors (Lipinski definition) is 9. The van der Waals surface area contributed by atoms with Gasteiger partial charge in [-0.3, -0.25) is 14.6 Å². The van der Waals surface area contributed by atoms with Gasteiger partial charge in [0.15, 0.2) is 0 Å². The second-order valence-corrected chi connectivity index (χ2v) is 12.1. The number of fused-ring (bicyclic) bond motifs is 6. The Labute approximate surface area is 221 Å². The minimum Gasteiger partial charge on any atom is -0.458 e. The van der Waals surface area contributed by atoms with Crippen molar-refractivity contribution in [2.45, 2.75) is 94.1 Å². The second kappa shape index (κ2) is 12.1. The lowest BCUT2D eigenvalue weighted by atomic mass is 9.54. The molecular weight excluding hydrogens is 476 g/mol. The van der Waals surface area contributed by atoms with E-state index < -0.39 is 5.60 Å². The molecule has 5 rings (SSSR count). The molecule has 37 heavy (non-hydrogen) atoms. The fourth-order valence-corrected chi connectivity index (χ4v) is 9.16. The minimum absolute atomic E-state index is 0.0118. The lowest BCUT2D eigenvalue weighted by molar-refractivity contribution is -0.264. The number of carbonyl (C=O) groups is 1. The maximum atomic E-state index is 13.3. The second-order valence-electron chi connectivity index (χ2n) is 12.1. The van der Waals surface area contributed by atoms with Crippen LogP contribution in [-0.4, -0.2) is 119 Å². The molecule has 9 heteroatoms. The van der Waals surface area contributed by atoms with E-state index in [1.165, 1.54) is 0 Å². The highest BCUT2D eigenvalue weighted by Gasteiger charge is 2.69. The highest BCUT2D eigenvalue weighted by molar-refractivity contribution is 5.76. The van der Waals surface area contributed by atoms with Crippen LogP contribution >= 0.6 is 0 Å². The van der Waals surface area contributed by atoms with E-state index in [2.05, 4.69) is 9.80 Å². The summed E-state index contributed by atoms with van der Waals surface area (Å²) < 4.78 is 13.6. The molecule has 0 aromatic rings. The molecule has 9 nitrogen and oxygen atoms in total. The summed E-state index contributed by atoms with van der Waals surface area (Å²) in [5.74, 6) is 0.675. The Bertz CT molecular complexity index is 717. The minimum atomic E-state index is -0.455. The third-order valence-corrected chi connectivity index (χ3v) is 10.5. The van der Waals surface area contributed by atoms with E-state index in [1.807, 2.05) is 0 Å². The highest BCUT2D eigenvalue weighted by Crippen LogP contribution is 2.61. The summed E-state index contributed by atoms with van der Waals surface area (Å²) >= 11 is 0. The van der Waals surface area contributed by atoms with Crippen molar-refractivity contribution < 1.29 is 34.7 Å². The predicted molar refractivity (Wildman–Crippen MR) is 137 cm³/mol. The van der Waals surface area contributed by atoms with Crippen LogP contribution in [0.2, 0.25) is 0 Å². The number of rotatable bonds is 10. The summed E-state index contributed by atoms with van der Waals surface area (Å²) in [6, 6.07) is 0.459. The first-order chi connectivity index (χ1) is 18.1. The molecule has 5 fully saturated rings. The fraction of sp³-hybridized carbons (Fsp3) is 0.964. The predicted octanol–water partition coefficient (Wildman–Crippen LogP) is 0.766. The number of aliphatic hydroxyl groups is 4. The van der Waals surface area contributed by atoms with E-state index in [1.54, 1.807) is 0 Å². The van der Waals surface area contributed by atoms with Gasteiger partial charge in [0.2, 0.25) is 0 Å². The Hall–Kier alpha value is -0.810. The lowest BCUT2D eigenvalue weighted by Crippen LogP contribution is -2.67. The normalized spacial score (nSPS) is 41.5. The van der Waals surface area contributed by atoms with Crippen LogP contribution in [0.15, 0.2) is 0 Å². The Morgan fingerprint density at radius 2 is 1.16 bits per heavy atom. The van der Waals surface area contributed by atoms with Gasteiger partial charge in [-0.05, 0) is 51.4 Å². The standard InChI is InChI=1S/C28H48N2O7/c31-13-9-29(10-14-32)19-5-7-23-25(17-19)36-26-18-20(30(11-15-33)12-16-34)6-8-24(26)28(23)22-4-2-1-3-21(22)27(35)37-28/h19-26,31-34H,1-18H2. The number of esters is 1. The van der Waals surface area contributed by atoms with Crippen LogP contribution in [0.4, 0.5) is 0 Å². The molecule has 2 saturated heterocycles. The summed E-state index contributed by atoms with van der Waals surface area (Å²) in [7, 11) is 0. The van der Waals surface area contributed by atoms with Gasteiger partial charge >= 0.3 is 5.97 Å². The van der Waals surface area contributed by atoms with Gasteiger partial charge in [-0.1, -0.05) is 12.8 Å². The Balaban J connectivity index is 1.44. The van der Waals surface area contributed by atoms with Crippen molar-refractivity contribution in [1.82, 2.24) is 9.80 Å². The van der Waals surface area contributed by atoms with Gasteiger partial charge in [-0.2, -0.15) is 0 Å². The molecule has 0 bridgehead atoms. The Morgan fingerprint density at radius 1 is 0.676 bits per heavy atom. The van der Waals surface area contributed by atoms with Crippen LogP contribution in [0, 0.1) is 23.7 Å². The molecule has 5 aliphatic rings. The molecule has 3 aliphatic carbocycles. The fourth-order valence-electron chi connectivity index (χ4n) is 9.16. The van der Waals surface area contributed by atoms with E-state index in [-0.39, 0.29) is 80.4 Å². The van der Waals surface area contributed by atoms with Crippen molar-refractivity contribution in [1.29, 1.82) is 0 Å². The van der Waals surface area contributed by atoms with Crippen molar-refractivity contribution in [3.8, 4) is 0 Å². The summed E-state index contributed by atoms with van der Waals surface area (Å²) in [4.78, 5) is 17.7. The van der Waals surface area contributed by atoms with Crippen LogP contribution < -0.4 is 0 Å². The third-order valence-electron chi connectivity index (χ3n) is 10.5. The summed E-state index contributed by atoms with van der Waals surface area (Å²) in [6.07, 6.45) is 9.66. The van der Waals surface area contributed by atoms with Crippen LogP contribution in [0.1, 0.15) is 64.2 Å². The van der Waals surface area contributed by atoms with Gasteiger partial charge in [0.1, 0.15) is 5.60 Å². The van der Waals surface area contributed by atoms with Crippen LogP contribution in [0.3, 0.4) is 0 Å². The molecule has 8 atom stereocenters. The number of nitrogens with zero attached hydrogens (tertiary/aromatic N) is 2. The van der Waals surface area contributed by atoms with E-state index in [9.17, 15) is 25.2 Å². The SMILES string of the molecule is O=C1OC2(C3CCC(N(CCO)CCO)CC3OC3CC(N(CCO)CCO)CCC32)C2CCCCC12. The molecule has 0 radical (unpaired) electrons. The number of carbonyl (C=O) groups excluding carboxylic acids is 1. The average molecular weight is 525 g/mol. The molecule has 0 amide bonds. The number of ether oxygens (including phenoxy) is 2. The zero-order chi connectivity index (χ0) is 26.0. The Morgan fingerprint density at radius 3 is 1.65 bits per heavy atom. The molecule has 2 heterocycles. The Kier molecular flexibility index (Phi) is 9.11. The van der Waals surface area contributed by atoms with E-state index in [0.29, 0.717) is 26.2 Å². The highest BCUT2D eigenvalue weighted by atomic mass is 16.6. The molecule has 2 aliphatic heterocycles. The van der Waals surface area contributed by atoms with Crippen molar-refractivity contribution in [2.24, 2.45) is 23.7 Å². The number of aliphatic hydroxyl groups excluding tert-OH is 4. The van der Waals surface area contributed by atoms with Gasteiger partial charge in [-0.25, -0.2) is 0 Å². The average Bonchev–Trinajstić information content (AvgIpc) is 3.21. The third kappa shape index (κ3) is 5.10. The molecule has 4 N–H and O–H groups in total. The van der Waals surface area contributed by atoms with Gasteiger partial charge < -0.3 is 29.9 Å². The van der Waals surface area contributed by atoms with Gasteiger partial charge in [0.25, 0.3) is 0 Å². The van der Waals surface area contributed by atoms with E-state index in [0.717, 1.165) is 64.2 Å². The summed E-state index contributed by atoms with van der Waals surface area (Å²) in [5.41, 5.74) is -0.455. The van der Waals surface area contributed by atoms with Crippen LogP contribution in [-0.2, 0) is 14.3 Å². The zero-order valence-electron chi connectivity index (χ0n) is 22.3. The number of hydrogen-bond donors (Lipinski definition) is 4. The monoisotopic (exact) mass is 524 g/mol. The maximum absolute atomic E-state index is 13.3. The van der Waals surface area contributed by atoms with Crippen molar-refractivity contribution in [3.63, 3.8) is 0 Å². The van der Waals surface area contributed by atoms with Gasteiger partial charge in [-0.15, -0.1) is 0 Å². The summed E-state index contributed by atoms with van der Waals surface area (Å²) in [5, 5.41) is 38.5. The molecular formula is C28H48N2O7. The molecule has 0 aromatic heterocycles. The topological polar surface area (TPSA) is 123 Å². The summed E-state index contributed by atoms with van der Waals surface area (Å²) in [6.45, 7) is 2.42. The quantitative estimate of drug-likeness (QED) is 0.307. The van der Waals surface area contributed by atoms with E-state index in [4.69, 9.17) is 9.47 Å². The van der Waals surface area contributed by atoms with Crippen LogP contribution in [0.5, 0.6) is 0 Å². The van der Waals surface area contributed by atoms with Crippen LogP contribution in [0.25, 0.3) is 0 Å². The van der Waals surface area contributed by atoms with E-state index >= 15 is 0 Å². The lowest BCUT2D eigenvalue weighted by Gasteiger charge is -2.60. The van der Waals surface area contributed by atoms with Gasteiger partial charge in [0.05, 0.1) is 44.6 Å². The van der Waals surface area contributed by atoms with Gasteiger partial charge in [0, 0.05) is 56.0 Å². The van der Waals surface area contributed by atoms with Crippen molar-refractivity contribution >= 4 is 5.97 Å². The maximum Gasteiger partial charge on any atom is 0.309 e. The first kappa shape index (κ1) is 27.7. The molecule has 0 aromatic carbocycles. The molecule has 8 unspecified atom stereocenters. The first-order valence-electron chi connectivity index (χ1n) is 14.9. The molecule has 1 spiro atoms. The molecule has 3 saturated carbocycles. The zero-order valence-corrected chi connectivity index (χ0v) is 22.3. The smallest absolute Gasteiger partial charge is 0.309 e.